The van der Waals surface area contributed by atoms with Gasteiger partial charge in [-0.1, -0.05) is 6.07 Å². The molecule has 7 nitrogen and oxygen atoms in total. The van der Waals surface area contributed by atoms with Crippen molar-refractivity contribution in [1.82, 2.24) is 15.5 Å². The number of halogens is 1. The lowest BCUT2D eigenvalue weighted by Gasteiger charge is -2.15. The summed E-state index contributed by atoms with van der Waals surface area (Å²) < 4.78 is 10.3. The Balaban J connectivity index is 0.00000576. The lowest BCUT2D eigenvalue weighted by molar-refractivity contribution is -0.127. The van der Waals surface area contributed by atoms with Crippen molar-refractivity contribution >= 4 is 35.8 Å². The standard InChI is InChI=1S/C17H28N4O3.HI/c1-13-8-14(10-15(9-13)24-5)11-19-17(18-6-7-23-4)20-12-16(22)21(2)3;/h8-10H,6-7,11-12H2,1-5H3,(H2,18,19,20);1H. The molecule has 0 atom stereocenters. The van der Waals surface area contributed by atoms with Gasteiger partial charge in [0.05, 0.1) is 26.8 Å². The third kappa shape index (κ3) is 9.49. The second-order valence-corrected chi connectivity index (χ2v) is 5.58. The maximum absolute atomic E-state index is 11.7. The maximum atomic E-state index is 11.7. The first-order chi connectivity index (χ1) is 11.5. The predicted octanol–water partition coefficient (Wildman–Crippen LogP) is 1.39. The summed E-state index contributed by atoms with van der Waals surface area (Å²) in [6.07, 6.45) is 0. The van der Waals surface area contributed by atoms with Crippen molar-refractivity contribution in [2.45, 2.75) is 13.5 Å². The number of carbonyl (C=O) groups excluding carboxylic acids is 1. The Bertz CT molecular complexity index is 565. The summed E-state index contributed by atoms with van der Waals surface area (Å²) in [5.41, 5.74) is 2.16. The van der Waals surface area contributed by atoms with E-state index in [-0.39, 0.29) is 36.4 Å². The molecule has 2 N–H and O–H groups in total. The van der Waals surface area contributed by atoms with E-state index in [1.807, 2.05) is 19.1 Å². The van der Waals surface area contributed by atoms with Gasteiger partial charge in [-0.3, -0.25) is 4.79 Å². The Morgan fingerprint density at radius 2 is 1.92 bits per heavy atom. The van der Waals surface area contributed by atoms with Gasteiger partial charge in [-0.25, -0.2) is 4.99 Å². The maximum Gasteiger partial charge on any atom is 0.241 e. The molecular formula is C17H29IN4O3. The number of guanidine groups is 1. The number of likely N-dealkylation sites (N-methyl/N-ethyl adjacent to an activating group) is 1. The number of nitrogens with zero attached hydrogens (tertiary/aromatic N) is 2. The Hall–Kier alpha value is -1.55. The zero-order valence-corrected chi connectivity index (χ0v) is 17.9. The smallest absolute Gasteiger partial charge is 0.241 e. The second-order valence-electron chi connectivity index (χ2n) is 5.58. The van der Waals surface area contributed by atoms with Crippen LogP contribution in [0, 0.1) is 6.92 Å². The molecule has 0 unspecified atom stereocenters. The first-order valence-corrected chi connectivity index (χ1v) is 7.82. The molecule has 0 bridgehead atoms. The number of rotatable bonds is 8. The number of aryl methyl sites for hydroxylation is 1. The minimum Gasteiger partial charge on any atom is -0.497 e. The van der Waals surface area contributed by atoms with Gasteiger partial charge in [0.15, 0.2) is 5.96 Å². The number of nitrogens with one attached hydrogen (secondary N) is 2. The van der Waals surface area contributed by atoms with Crippen LogP contribution in [-0.2, 0) is 16.1 Å². The molecular weight excluding hydrogens is 435 g/mol. The molecule has 0 saturated heterocycles. The van der Waals surface area contributed by atoms with Gasteiger partial charge in [0.25, 0.3) is 0 Å². The fraction of sp³-hybridized carbons (Fsp3) is 0.529. The number of methoxy groups -OCH3 is 2. The molecule has 0 aliphatic carbocycles. The largest absolute Gasteiger partial charge is 0.497 e. The minimum atomic E-state index is -0.0199. The highest BCUT2D eigenvalue weighted by molar-refractivity contribution is 14.0. The van der Waals surface area contributed by atoms with E-state index in [1.165, 1.54) is 4.90 Å². The molecule has 0 aliphatic rings. The van der Waals surface area contributed by atoms with Gasteiger partial charge in [0, 0.05) is 27.7 Å². The van der Waals surface area contributed by atoms with E-state index in [0.717, 1.165) is 16.9 Å². The first-order valence-electron chi connectivity index (χ1n) is 7.82. The van der Waals surface area contributed by atoms with Crippen LogP contribution in [-0.4, -0.2) is 64.8 Å². The predicted molar refractivity (Wildman–Crippen MR) is 111 cm³/mol. The van der Waals surface area contributed by atoms with Crippen molar-refractivity contribution in [1.29, 1.82) is 0 Å². The van der Waals surface area contributed by atoms with E-state index in [1.54, 1.807) is 28.3 Å². The lowest BCUT2D eigenvalue weighted by Crippen LogP contribution is -2.43. The van der Waals surface area contributed by atoms with Gasteiger partial charge >= 0.3 is 0 Å². The summed E-state index contributed by atoms with van der Waals surface area (Å²) in [4.78, 5) is 17.8. The quantitative estimate of drug-likeness (QED) is 0.263. The van der Waals surface area contributed by atoms with Crippen molar-refractivity contribution in [2.75, 3.05) is 48.0 Å². The van der Waals surface area contributed by atoms with Crippen molar-refractivity contribution < 1.29 is 14.3 Å². The third-order valence-electron chi connectivity index (χ3n) is 3.27. The molecule has 8 heteroatoms. The van der Waals surface area contributed by atoms with Gasteiger partial charge in [-0.15, -0.1) is 24.0 Å². The fourth-order valence-electron chi connectivity index (χ4n) is 1.97. The van der Waals surface area contributed by atoms with Crippen LogP contribution in [0.1, 0.15) is 11.1 Å². The van der Waals surface area contributed by atoms with Crippen LogP contribution in [0.5, 0.6) is 5.75 Å². The first kappa shape index (κ1) is 23.4. The van der Waals surface area contributed by atoms with Crippen LogP contribution in [0.25, 0.3) is 0 Å². The summed E-state index contributed by atoms with van der Waals surface area (Å²) in [7, 11) is 6.73. The normalized spacial score (nSPS) is 10.7. The monoisotopic (exact) mass is 464 g/mol. The number of ether oxygens (including phenoxy) is 2. The van der Waals surface area contributed by atoms with Crippen LogP contribution in [0.2, 0.25) is 0 Å². The topological polar surface area (TPSA) is 75.2 Å². The molecule has 0 fully saturated rings. The van der Waals surface area contributed by atoms with Crippen LogP contribution >= 0.6 is 24.0 Å². The highest BCUT2D eigenvalue weighted by atomic mass is 127. The molecule has 1 amide bonds. The van der Waals surface area contributed by atoms with Gasteiger partial charge in [-0.05, 0) is 30.2 Å². The molecule has 0 radical (unpaired) electrons. The Morgan fingerprint density at radius 3 is 2.52 bits per heavy atom. The van der Waals surface area contributed by atoms with E-state index < -0.39 is 0 Å². The van der Waals surface area contributed by atoms with E-state index >= 15 is 0 Å². The number of benzene rings is 1. The molecule has 142 valence electrons. The number of hydrogen-bond donors (Lipinski definition) is 2. The van der Waals surface area contributed by atoms with Crippen LogP contribution in [0.4, 0.5) is 0 Å². The van der Waals surface area contributed by atoms with E-state index in [2.05, 4.69) is 21.7 Å². The van der Waals surface area contributed by atoms with Crippen LogP contribution < -0.4 is 15.4 Å². The zero-order valence-electron chi connectivity index (χ0n) is 15.6. The van der Waals surface area contributed by atoms with Gasteiger partial charge in [0.2, 0.25) is 5.91 Å². The summed E-state index contributed by atoms with van der Waals surface area (Å²) in [6.45, 7) is 3.84. The molecule has 0 spiro atoms. The molecule has 0 aromatic heterocycles. The van der Waals surface area contributed by atoms with Crippen LogP contribution in [0.15, 0.2) is 23.2 Å². The van der Waals surface area contributed by atoms with E-state index in [0.29, 0.717) is 25.7 Å². The molecule has 0 aliphatic heterocycles. The summed E-state index contributed by atoms with van der Waals surface area (Å²) >= 11 is 0. The van der Waals surface area contributed by atoms with Crippen LogP contribution in [0.3, 0.4) is 0 Å². The second kappa shape index (κ2) is 12.8. The summed E-state index contributed by atoms with van der Waals surface area (Å²) in [5, 5.41) is 6.17. The lowest BCUT2D eigenvalue weighted by atomic mass is 10.1. The summed E-state index contributed by atoms with van der Waals surface area (Å²) in [6, 6.07) is 5.98. The average molecular weight is 464 g/mol. The number of carbonyl (C=O) groups is 1. The average Bonchev–Trinajstić information content (AvgIpc) is 2.55. The highest BCUT2D eigenvalue weighted by Gasteiger charge is 2.06. The molecule has 1 aromatic carbocycles. The third-order valence-corrected chi connectivity index (χ3v) is 3.27. The van der Waals surface area contributed by atoms with Crippen molar-refractivity contribution in [3.63, 3.8) is 0 Å². The molecule has 25 heavy (non-hydrogen) atoms. The van der Waals surface area contributed by atoms with E-state index in [4.69, 9.17) is 9.47 Å². The van der Waals surface area contributed by atoms with Crippen molar-refractivity contribution in [3.05, 3.63) is 29.3 Å². The fourth-order valence-corrected chi connectivity index (χ4v) is 1.97. The molecule has 0 heterocycles. The minimum absolute atomic E-state index is 0. The van der Waals surface area contributed by atoms with Crippen molar-refractivity contribution in [2.24, 2.45) is 4.99 Å². The number of amides is 1. The van der Waals surface area contributed by atoms with Gasteiger partial charge in [-0.2, -0.15) is 0 Å². The number of aliphatic imine (C=N–C) groups is 1. The van der Waals surface area contributed by atoms with E-state index in [9.17, 15) is 4.79 Å². The Kier molecular flexibility index (Phi) is 12.0. The van der Waals surface area contributed by atoms with Crippen molar-refractivity contribution in [3.8, 4) is 5.75 Å². The zero-order chi connectivity index (χ0) is 17.9. The molecule has 0 saturated carbocycles. The molecule has 1 aromatic rings. The summed E-state index contributed by atoms with van der Waals surface area (Å²) in [5.74, 6) is 1.36. The number of hydrogen-bond acceptors (Lipinski definition) is 4. The highest BCUT2D eigenvalue weighted by Crippen LogP contribution is 2.16. The van der Waals surface area contributed by atoms with Gasteiger partial charge in [0.1, 0.15) is 5.75 Å². The SMILES string of the molecule is COCCNC(=NCc1cc(C)cc(OC)c1)NCC(=O)N(C)C.I. The Labute approximate surface area is 167 Å². The molecule has 1 rings (SSSR count). The Morgan fingerprint density at radius 1 is 1.20 bits per heavy atom. The van der Waals surface area contributed by atoms with Gasteiger partial charge < -0.3 is 25.0 Å².